The number of nitro benzene ring substituents is 1. The lowest BCUT2D eigenvalue weighted by Crippen LogP contribution is -2.51. The molecule has 0 bridgehead atoms. The maximum absolute atomic E-state index is 14.1. The number of amides is 1. The number of rotatable bonds is 5. The van der Waals surface area contributed by atoms with E-state index in [9.17, 15) is 19.7 Å². The van der Waals surface area contributed by atoms with Gasteiger partial charge in [0.25, 0.3) is 5.69 Å². The number of carbonyl (C=O) groups is 2. The number of nitrogens with one attached hydrogen (secondary N) is 1. The fraction of sp³-hybridized carbons (Fsp3) is 0.240. The summed E-state index contributed by atoms with van der Waals surface area (Å²) in [5.74, 6) is -1.32. The van der Waals surface area contributed by atoms with Gasteiger partial charge in [0.05, 0.1) is 18.0 Å². The molecule has 1 spiro atoms. The molecule has 9 heteroatoms. The van der Waals surface area contributed by atoms with Gasteiger partial charge in [-0.2, -0.15) is 0 Å². The number of hydrogen-bond acceptors (Lipinski definition) is 7. The zero-order valence-electron chi connectivity index (χ0n) is 18.6. The number of methoxy groups -OCH3 is 1. The van der Waals surface area contributed by atoms with Crippen LogP contribution in [0.15, 0.2) is 67.0 Å². The third-order valence-corrected chi connectivity index (χ3v) is 6.89. The van der Waals surface area contributed by atoms with Crippen LogP contribution >= 0.6 is 0 Å². The fourth-order valence-corrected chi connectivity index (χ4v) is 5.40. The topological polar surface area (TPSA) is 115 Å². The van der Waals surface area contributed by atoms with E-state index in [-0.39, 0.29) is 17.4 Å². The van der Waals surface area contributed by atoms with E-state index in [1.807, 2.05) is 4.90 Å². The monoisotopic (exact) mass is 458 g/mol. The van der Waals surface area contributed by atoms with Crippen LogP contribution in [0.1, 0.15) is 27.4 Å². The molecule has 1 saturated heterocycles. The summed E-state index contributed by atoms with van der Waals surface area (Å²) >= 11 is 0. The molecule has 1 fully saturated rings. The van der Waals surface area contributed by atoms with Gasteiger partial charge < -0.3 is 10.1 Å². The number of likely N-dealkylation sites (tertiary alicyclic amines) is 1. The highest BCUT2D eigenvalue weighted by Gasteiger charge is 2.64. The first-order valence-electron chi connectivity index (χ1n) is 10.8. The number of benzene rings is 2. The van der Waals surface area contributed by atoms with Crippen LogP contribution in [0.25, 0.3) is 0 Å². The average Bonchev–Trinajstić information content (AvgIpc) is 3.33. The van der Waals surface area contributed by atoms with E-state index in [0.29, 0.717) is 34.7 Å². The molecule has 1 aromatic heterocycles. The van der Waals surface area contributed by atoms with Crippen molar-refractivity contribution in [1.82, 2.24) is 9.88 Å². The largest absolute Gasteiger partial charge is 0.497 e. The van der Waals surface area contributed by atoms with Crippen molar-refractivity contribution in [3.63, 3.8) is 0 Å². The molecule has 2 aliphatic heterocycles. The molecule has 2 aromatic carbocycles. The smallest absolute Gasteiger partial charge is 0.269 e. The summed E-state index contributed by atoms with van der Waals surface area (Å²) in [5.41, 5.74) is 0.889. The number of fused-ring (bicyclic) bond motifs is 2. The van der Waals surface area contributed by atoms with E-state index in [2.05, 4.69) is 10.3 Å². The van der Waals surface area contributed by atoms with Gasteiger partial charge in [0.2, 0.25) is 5.91 Å². The second-order valence-corrected chi connectivity index (χ2v) is 8.55. The summed E-state index contributed by atoms with van der Waals surface area (Å²) in [6, 6.07) is 14.9. The van der Waals surface area contributed by atoms with Crippen LogP contribution in [-0.4, -0.2) is 47.2 Å². The molecule has 34 heavy (non-hydrogen) atoms. The van der Waals surface area contributed by atoms with Crippen LogP contribution in [0.4, 0.5) is 11.4 Å². The predicted molar refractivity (Wildman–Crippen MR) is 124 cm³/mol. The quantitative estimate of drug-likeness (QED) is 0.354. The number of Topliss-reactive ketones (excluding diaryl/α,β-unsaturated/α-hetero) is 1. The van der Waals surface area contributed by atoms with Crippen molar-refractivity contribution < 1.29 is 19.2 Å². The van der Waals surface area contributed by atoms with E-state index in [1.54, 1.807) is 62.8 Å². The van der Waals surface area contributed by atoms with Crippen LogP contribution in [0.5, 0.6) is 5.75 Å². The normalized spacial score (nSPS) is 23.5. The summed E-state index contributed by atoms with van der Waals surface area (Å²) in [5, 5.41) is 14.4. The maximum Gasteiger partial charge on any atom is 0.269 e. The number of anilines is 1. The summed E-state index contributed by atoms with van der Waals surface area (Å²) in [6.45, 7) is 0.349. The highest BCUT2D eigenvalue weighted by atomic mass is 16.6. The van der Waals surface area contributed by atoms with Gasteiger partial charge in [-0.05, 0) is 42.9 Å². The Labute approximate surface area is 195 Å². The summed E-state index contributed by atoms with van der Waals surface area (Å²) in [6.07, 6.45) is 3.06. The van der Waals surface area contributed by atoms with Crippen LogP contribution in [0.2, 0.25) is 0 Å². The molecular weight excluding hydrogens is 436 g/mol. The molecule has 0 saturated carbocycles. The van der Waals surface area contributed by atoms with Crippen LogP contribution in [0, 0.1) is 16.0 Å². The van der Waals surface area contributed by atoms with Gasteiger partial charge in [-0.3, -0.25) is 29.6 Å². The molecule has 172 valence electrons. The van der Waals surface area contributed by atoms with Gasteiger partial charge in [0, 0.05) is 53.8 Å². The van der Waals surface area contributed by atoms with E-state index in [4.69, 9.17) is 4.74 Å². The Bertz CT molecular complexity index is 1310. The van der Waals surface area contributed by atoms with Crippen molar-refractivity contribution >= 4 is 23.1 Å². The maximum atomic E-state index is 14.1. The molecule has 1 amide bonds. The SMILES string of the molecule is COc1ccc2c(c1)[C@]1(C(=O)N2)[C@@H](C(=O)c2cccnc2)[C@H](c2cccc([N+](=O)[O-])c2)CN1C. The third-order valence-electron chi connectivity index (χ3n) is 6.89. The zero-order valence-corrected chi connectivity index (χ0v) is 18.6. The van der Waals surface area contributed by atoms with Crippen molar-refractivity contribution in [3.8, 4) is 5.75 Å². The number of hydrogen-bond donors (Lipinski definition) is 1. The summed E-state index contributed by atoms with van der Waals surface area (Å²) in [4.78, 5) is 44.7. The standard InChI is InChI=1S/C25H22N4O5/c1-28-14-19(15-5-3-7-17(11-15)29(32)33)22(23(30)16-6-4-10-26-13-16)25(28)20-12-18(34-2)8-9-21(20)27-24(25)31/h3-13,19,22H,14H2,1-2H3,(H,27,31)/t19-,22+,25+/m0/s1. The predicted octanol–water partition coefficient (Wildman–Crippen LogP) is 3.37. The number of nitro groups is 1. The van der Waals surface area contributed by atoms with E-state index >= 15 is 0 Å². The Hall–Kier alpha value is -4.11. The van der Waals surface area contributed by atoms with Gasteiger partial charge in [-0.15, -0.1) is 0 Å². The Morgan fingerprint density at radius 3 is 2.76 bits per heavy atom. The van der Waals surface area contributed by atoms with Gasteiger partial charge in [0.15, 0.2) is 5.78 Å². The van der Waals surface area contributed by atoms with E-state index < -0.39 is 22.3 Å². The molecule has 1 N–H and O–H groups in total. The lowest BCUT2D eigenvalue weighted by Gasteiger charge is -2.35. The molecule has 5 rings (SSSR count). The Kier molecular flexibility index (Phi) is 5.13. The summed E-state index contributed by atoms with van der Waals surface area (Å²) < 4.78 is 5.42. The zero-order chi connectivity index (χ0) is 24.0. The first-order chi connectivity index (χ1) is 16.4. The van der Waals surface area contributed by atoms with E-state index in [1.165, 1.54) is 18.3 Å². The third kappa shape index (κ3) is 3.08. The molecule has 3 aromatic rings. The second-order valence-electron chi connectivity index (χ2n) is 8.55. The highest BCUT2D eigenvalue weighted by molar-refractivity contribution is 6.12. The number of nitrogens with zero attached hydrogens (tertiary/aromatic N) is 3. The number of ether oxygens (including phenoxy) is 1. The summed E-state index contributed by atoms with van der Waals surface area (Å²) in [7, 11) is 3.34. The molecule has 0 radical (unpaired) electrons. The van der Waals surface area contributed by atoms with Crippen molar-refractivity contribution in [1.29, 1.82) is 0 Å². The lowest BCUT2D eigenvalue weighted by molar-refractivity contribution is -0.384. The molecule has 2 aliphatic rings. The highest BCUT2D eigenvalue weighted by Crippen LogP contribution is 2.56. The molecule has 9 nitrogen and oxygen atoms in total. The number of pyridine rings is 1. The van der Waals surface area contributed by atoms with Crippen LogP contribution in [-0.2, 0) is 10.3 Å². The number of ketones is 1. The van der Waals surface area contributed by atoms with Crippen molar-refractivity contribution in [2.45, 2.75) is 11.5 Å². The Balaban J connectivity index is 1.74. The Morgan fingerprint density at radius 1 is 1.24 bits per heavy atom. The van der Waals surface area contributed by atoms with Crippen molar-refractivity contribution in [3.05, 3.63) is 93.8 Å². The molecule has 0 aliphatic carbocycles. The molecule has 3 heterocycles. The fourth-order valence-electron chi connectivity index (χ4n) is 5.40. The van der Waals surface area contributed by atoms with E-state index in [0.717, 1.165) is 0 Å². The average molecular weight is 458 g/mol. The van der Waals surface area contributed by atoms with Gasteiger partial charge in [0.1, 0.15) is 11.3 Å². The van der Waals surface area contributed by atoms with Crippen LogP contribution < -0.4 is 10.1 Å². The first kappa shape index (κ1) is 21.7. The molecule has 3 atom stereocenters. The van der Waals surface area contributed by atoms with Crippen molar-refractivity contribution in [2.75, 3.05) is 26.0 Å². The van der Waals surface area contributed by atoms with Gasteiger partial charge in [-0.25, -0.2) is 0 Å². The number of likely N-dealkylation sites (N-methyl/N-ethyl adjacent to an activating group) is 1. The molecule has 0 unspecified atom stereocenters. The number of non-ortho nitro benzene ring substituents is 1. The minimum atomic E-state index is -1.31. The Morgan fingerprint density at radius 2 is 2.06 bits per heavy atom. The first-order valence-corrected chi connectivity index (χ1v) is 10.8. The molecular formula is C25H22N4O5. The van der Waals surface area contributed by atoms with Gasteiger partial charge >= 0.3 is 0 Å². The van der Waals surface area contributed by atoms with Crippen molar-refractivity contribution in [2.24, 2.45) is 5.92 Å². The number of aromatic nitrogens is 1. The minimum absolute atomic E-state index is 0.0633. The number of carbonyl (C=O) groups excluding carboxylic acids is 2. The lowest BCUT2D eigenvalue weighted by atomic mass is 9.70. The minimum Gasteiger partial charge on any atom is -0.497 e. The van der Waals surface area contributed by atoms with Crippen LogP contribution in [0.3, 0.4) is 0 Å². The van der Waals surface area contributed by atoms with Gasteiger partial charge in [-0.1, -0.05) is 12.1 Å². The second kappa shape index (κ2) is 8.03.